The van der Waals surface area contributed by atoms with Gasteiger partial charge >= 0.3 is 5.97 Å². The maximum atomic E-state index is 10.8. The number of ether oxygens (including phenoxy) is 1. The molecule has 0 radical (unpaired) electrons. The third-order valence-electron chi connectivity index (χ3n) is 3.21. The molecule has 0 aliphatic heterocycles. The van der Waals surface area contributed by atoms with Crippen LogP contribution in [0.25, 0.3) is 0 Å². The van der Waals surface area contributed by atoms with Crippen LogP contribution in [0.5, 0.6) is 0 Å². The molecule has 96 valence electrons. The molecule has 16 heavy (non-hydrogen) atoms. The third kappa shape index (κ3) is 6.11. The van der Waals surface area contributed by atoms with Crippen molar-refractivity contribution in [3.05, 3.63) is 0 Å². The van der Waals surface area contributed by atoms with Gasteiger partial charge in [-0.1, -0.05) is 39.0 Å². The molecule has 1 saturated carbocycles. The zero-order valence-electron chi connectivity index (χ0n) is 11.4. The fourth-order valence-corrected chi connectivity index (χ4v) is 1.66. The predicted molar refractivity (Wildman–Crippen MR) is 67.4 cm³/mol. The Hall–Kier alpha value is -0.570. The van der Waals surface area contributed by atoms with Crippen molar-refractivity contribution >= 4 is 5.97 Å². The maximum Gasteiger partial charge on any atom is 0.325 e. The molecule has 3 heteroatoms. The highest BCUT2D eigenvalue weighted by molar-refractivity contribution is 5.79. The molecular weight excluding hydrogens is 202 g/mol. The van der Waals surface area contributed by atoms with Crippen LogP contribution in [-0.2, 0) is 9.53 Å². The second-order valence-electron chi connectivity index (χ2n) is 5.11. The van der Waals surface area contributed by atoms with Crippen LogP contribution in [0.3, 0.4) is 0 Å². The van der Waals surface area contributed by atoms with Crippen LogP contribution in [0.2, 0.25) is 0 Å². The largest absolute Gasteiger partial charge is 0.468 e. The zero-order chi connectivity index (χ0) is 12.6. The molecule has 1 N–H and O–H groups in total. The lowest BCUT2D eigenvalue weighted by molar-refractivity contribution is -0.146. The van der Waals surface area contributed by atoms with Crippen molar-refractivity contribution in [2.24, 2.45) is 5.92 Å². The standard InChI is InChI=1S/C7H14.C6H13NO2/c1-7-5-3-2-4-6-7;1-6(2,7-3)5(8)9-4/h7H,2-6H2,1H3;7H,1-4H3. The number of likely N-dealkylation sites (N-methyl/N-ethyl adjacent to an activating group) is 1. The van der Waals surface area contributed by atoms with Crippen molar-refractivity contribution in [2.75, 3.05) is 14.2 Å². The maximum absolute atomic E-state index is 10.8. The van der Waals surface area contributed by atoms with E-state index in [1.807, 2.05) is 0 Å². The minimum atomic E-state index is -0.561. The predicted octanol–water partition coefficient (Wildman–Crippen LogP) is 2.74. The van der Waals surface area contributed by atoms with E-state index in [1.165, 1.54) is 39.2 Å². The lowest BCUT2D eigenvalue weighted by Gasteiger charge is -2.19. The van der Waals surface area contributed by atoms with Gasteiger partial charge in [0.05, 0.1) is 7.11 Å². The molecule has 1 aliphatic rings. The van der Waals surface area contributed by atoms with E-state index in [2.05, 4.69) is 17.0 Å². The van der Waals surface area contributed by atoms with E-state index < -0.39 is 5.54 Å². The molecule has 0 saturated heterocycles. The summed E-state index contributed by atoms with van der Waals surface area (Å²) in [5, 5.41) is 2.82. The first-order valence-electron chi connectivity index (χ1n) is 6.21. The van der Waals surface area contributed by atoms with Crippen molar-refractivity contribution in [1.82, 2.24) is 5.32 Å². The number of hydrogen-bond donors (Lipinski definition) is 1. The molecule has 0 bridgehead atoms. The molecule has 0 atom stereocenters. The second-order valence-corrected chi connectivity index (χ2v) is 5.11. The minimum Gasteiger partial charge on any atom is -0.468 e. The number of carbonyl (C=O) groups excluding carboxylic acids is 1. The molecule has 0 aromatic rings. The topological polar surface area (TPSA) is 38.3 Å². The van der Waals surface area contributed by atoms with E-state index in [1.54, 1.807) is 20.9 Å². The van der Waals surface area contributed by atoms with E-state index in [0.717, 1.165) is 5.92 Å². The average molecular weight is 229 g/mol. The number of nitrogens with one attached hydrogen (secondary N) is 1. The molecule has 1 fully saturated rings. The van der Waals surface area contributed by atoms with Gasteiger partial charge in [-0.3, -0.25) is 4.79 Å². The Morgan fingerprint density at radius 2 is 1.75 bits per heavy atom. The Morgan fingerprint density at radius 1 is 1.25 bits per heavy atom. The van der Waals surface area contributed by atoms with E-state index in [4.69, 9.17) is 0 Å². The van der Waals surface area contributed by atoms with Crippen molar-refractivity contribution in [1.29, 1.82) is 0 Å². The van der Waals surface area contributed by atoms with Crippen molar-refractivity contribution < 1.29 is 9.53 Å². The lowest BCUT2D eigenvalue weighted by atomic mass is 9.91. The van der Waals surface area contributed by atoms with Crippen molar-refractivity contribution in [3.8, 4) is 0 Å². The molecule has 1 rings (SSSR count). The highest BCUT2D eigenvalue weighted by Crippen LogP contribution is 2.22. The third-order valence-corrected chi connectivity index (χ3v) is 3.21. The summed E-state index contributed by atoms with van der Waals surface area (Å²) in [5.74, 6) is 0.791. The summed E-state index contributed by atoms with van der Waals surface area (Å²) >= 11 is 0. The summed E-state index contributed by atoms with van der Waals surface area (Å²) in [6.07, 6.45) is 7.44. The van der Waals surface area contributed by atoms with Crippen LogP contribution in [-0.4, -0.2) is 25.7 Å². The molecule has 0 unspecified atom stereocenters. The molecule has 0 aromatic carbocycles. The highest BCUT2D eigenvalue weighted by Gasteiger charge is 2.25. The second kappa shape index (κ2) is 7.66. The fraction of sp³-hybridized carbons (Fsp3) is 0.923. The molecule has 0 heterocycles. The minimum absolute atomic E-state index is 0.245. The molecule has 0 aromatic heterocycles. The van der Waals surface area contributed by atoms with Crippen molar-refractivity contribution in [3.63, 3.8) is 0 Å². The number of carbonyl (C=O) groups is 1. The average Bonchev–Trinajstić information content (AvgIpc) is 2.29. The lowest BCUT2D eigenvalue weighted by Crippen LogP contribution is -2.45. The summed E-state index contributed by atoms with van der Waals surface area (Å²) in [6, 6.07) is 0. The van der Waals surface area contributed by atoms with Gasteiger partial charge in [-0.25, -0.2) is 0 Å². The van der Waals surface area contributed by atoms with Crippen LogP contribution in [0, 0.1) is 5.92 Å². The van der Waals surface area contributed by atoms with Gasteiger partial charge in [-0.05, 0) is 26.8 Å². The van der Waals surface area contributed by atoms with Crippen molar-refractivity contribution in [2.45, 2.75) is 58.4 Å². The Balaban J connectivity index is 0.000000288. The summed E-state index contributed by atoms with van der Waals surface area (Å²) in [5.41, 5.74) is -0.561. The van der Waals surface area contributed by atoms with E-state index >= 15 is 0 Å². The Kier molecular flexibility index (Phi) is 7.39. The summed E-state index contributed by atoms with van der Waals surface area (Å²) in [6.45, 7) is 5.89. The summed E-state index contributed by atoms with van der Waals surface area (Å²) in [4.78, 5) is 10.8. The van der Waals surface area contributed by atoms with Crippen LogP contribution >= 0.6 is 0 Å². The zero-order valence-corrected chi connectivity index (χ0v) is 11.4. The Bertz CT molecular complexity index is 196. The summed E-state index contributed by atoms with van der Waals surface area (Å²) in [7, 11) is 3.10. The Morgan fingerprint density at radius 3 is 1.94 bits per heavy atom. The first-order valence-corrected chi connectivity index (χ1v) is 6.21. The molecule has 3 nitrogen and oxygen atoms in total. The normalized spacial score (nSPS) is 17.3. The fourth-order valence-electron chi connectivity index (χ4n) is 1.66. The van der Waals surface area contributed by atoms with E-state index in [9.17, 15) is 4.79 Å². The van der Waals surface area contributed by atoms with Crippen LogP contribution in [0.1, 0.15) is 52.9 Å². The molecular formula is C13H27NO2. The molecule has 0 amide bonds. The van der Waals surface area contributed by atoms with Gasteiger partial charge in [0.2, 0.25) is 0 Å². The number of hydrogen-bond acceptors (Lipinski definition) is 3. The molecule has 0 spiro atoms. The van der Waals surface area contributed by atoms with Gasteiger partial charge in [-0.2, -0.15) is 0 Å². The Labute approximate surface area is 99.9 Å². The van der Waals surface area contributed by atoms with E-state index in [0.29, 0.717) is 0 Å². The van der Waals surface area contributed by atoms with E-state index in [-0.39, 0.29) is 5.97 Å². The smallest absolute Gasteiger partial charge is 0.325 e. The monoisotopic (exact) mass is 229 g/mol. The van der Waals surface area contributed by atoms with Gasteiger partial charge in [0, 0.05) is 0 Å². The number of rotatable bonds is 2. The van der Waals surface area contributed by atoms with Crippen LogP contribution in [0.4, 0.5) is 0 Å². The van der Waals surface area contributed by atoms with Gasteiger partial charge < -0.3 is 10.1 Å². The SMILES string of the molecule is CC1CCCCC1.CNC(C)(C)C(=O)OC. The highest BCUT2D eigenvalue weighted by atomic mass is 16.5. The van der Waals surface area contributed by atoms with Gasteiger partial charge in [-0.15, -0.1) is 0 Å². The number of methoxy groups -OCH3 is 1. The van der Waals surface area contributed by atoms with Gasteiger partial charge in [0.25, 0.3) is 0 Å². The summed E-state index contributed by atoms with van der Waals surface area (Å²) < 4.78 is 4.50. The van der Waals surface area contributed by atoms with Gasteiger partial charge in [0.15, 0.2) is 0 Å². The molecule has 1 aliphatic carbocycles. The number of esters is 1. The van der Waals surface area contributed by atoms with Gasteiger partial charge in [0.1, 0.15) is 5.54 Å². The van der Waals surface area contributed by atoms with Crippen LogP contribution in [0.15, 0.2) is 0 Å². The first kappa shape index (κ1) is 15.4. The first-order chi connectivity index (χ1) is 7.44. The van der Waals surface area contributed by atoms with Crippen LogP contribution < -0.4 is 5.32 Å². The quantitative estimate of drug-likeness (QED) is 0.740.